The van der Waals surface area contributed by atoms with E-state index in [9.17, 15) is 14.0 Å². The summed E-state index contributed by atoms with van der Waals surface area (Å²) >= 11 is 0. The van der Waals surface area contributed by atoms with Gasteiger partial charge in [0.1, 0.15) is 23.9 Å². The molecule has 0 spiro atoms. The zero-order valence-corrected chi connectivity index (χ0v) is 23.3. The fourth-order valence-corrected chi connectivity index (χ4v) is 4.47. The summed E-state index contributed by atoms with van der Waals surface area (Å²) in [4.78, 5) is 33.4. The molecule has 0 aliphatic carbocycles. The van der Waals surface area contributed by atoms with E-state index in [1.807, 2.05) is 43.3 Å². The second-order valence-electron chi connectivity index (χ2n) is 9.72. The number of benzene rings is 2. The molecule has 0 atom stereocenters. The highest BCUT2D eigenvalue weighted by Gasteiger charge is 2.27. The lowest BCUT2D eigenvalue weighted by Gasteiger charge is -2.36. The normalized spacial score (nSPS) is 13.3. The lowest BCUT2D eigenvalue weighted by molar-refractivity contribution is -0.132. The van der Waals surface area contributed by atoms with Crippen LogP contribution < -0.4 is 14.4 Å². The molecule has 4 rings (SSSR count). The SMILES string of the molecule is COc1ccc(-c2ccc(N3CCN(C(=O)CN(CCN(C)C)C(=O)c4ccccc4F)CC3)nn2)c(OC)c1. The van der Waals surface area contributed by atoms with Gasteiger partial charge < -0.3 is 29.1 Å². The molecule has 3 aromatic rings. The molecule has 1 aromatic heterocycles. The van der Waals surface area contributed by atoms with Gasteiger partial charge in [-0.15, -0.1) is 10.2 Å². The van der Waals surface area contributed by atoms with Crippen molar-refractivity contribution < 1.29 is 23.5 Å². The molecule has 40 heavy (non-hydrogen) atoms. The minimum Gasteiger partial charge on any atom is -0.497 e. The van der Waals surface area contributed by atoms with E-state index in [0.717, 1.165) is 5.56 Å². The number of hydrogen-bond acceptors (Lipinski definition) is 8. The highest BCUT2D eigenvalue weighted by atomic mass is 19.1. The third-order valence-corrected chi connectivity index (χ3v) is 6.83. The highest BCUT2D eigenvalue weighted by molar-refractivity contribution is 5.96. The molecule has 0 saturated carbocycles. The van der Waals surface area contributed by atoms with Gasteiger partial charge in [-0.2, -0.15) is 0 Å². The van der Waals surface area contributed by atoms with E-state index in [2.05, 4.69) is 15.1 Å². The molecule has 1 saturated heterocycles. The smallest absolute Gasteiger partial charge is 0.257 e. The van der Waals surface area contributed by atoms with E-state index in [4.69, 9.17) is 9.47 Å². The summed E-state index contributed by atoms with van der Waals surface area (Å²) in [5, 5.41) is 8.81. The van der Waals surface area contributed by atoms with Crippen molar-refractivity contribution in [3.8, 4) is 22.8 Å². The number of carbonyl (C=O) groups is 2. The topological polar surface area (TPSA) is 91.3 Å². The van der Waals surface area contributed by atoms with E-state index in [1.54, 1.807) is 31.3 Å². The number of nitrogens with zero attached hydrogens (tertiary/aromatic N) is 6. The van der Waals surface area contributed by atoms with Crippen molar-refractivity contribution in [2.75, 3.05) is 79.0 Å². The van der Waals surface area contributed by atoms with Crippen molar-refractivity contribution in [3.63, 3.8) is 0 Å². The molecule has 0 N–H and O–H groups in total. The van der Waals surface area contributed by atoms with Crippen LogP contribution in [0, 0.1) is 5.82 Å². The first-order valence-corrected chi connectivity index (χ1v) is 13.1. The molecular weight excluding hydrogens is 515 g/mol. The molecule has 2 aromatic carbocycles. The van der Waals surface area contributed by atoms with Crippen LogP contribution in [0.15, 0.2) is 54.6 Å². The lowest BCUT2D eigenvalue weighted by atomic mass is 10.1. The van der Waals surface area contributed by atoms with E-state index in [-0.39, 0.29) is 18.0 Å². The second-order valence-corrected chi connectivity index (χ2v) is 9.72. The standard InChI is InChI=1S/C29H35FN6O4/c1-33(2)13-14-36(29(38)22-7-5-6-8-24(22)30)20-28(37)35-17-15-34(16-18-35)27-12-11-25(31-32-27)23-10-9-21(39-3)19-26(23)40-4/h5-12,19H,13-18,20H2,1-4H3. The fraction of sp³-hybridized carbons (Fsp3) is 0.379. The van der Waals surface area contributed by atoms with Crippen molar-refractivity contribution >= 4 is 17.6 Å². The molecule has 1 aliphatic rings. The number of methoxy groups -OCH3 is 2. The molecule has 212 valence electrons. The summed E-state index contributed by atoms with van der Waals surface area (Å²) < 4.78 is 25.1. The maximum Gasteiger partial charge on any atom is 0.257 e. The molecule has 10 nitrogen and oxygen atoms in total. The minimum absolute atomic E-state index is 0.0341. The highest BCUT2D eigenvalue weighted by Crippen LogP contribution is 2.32. The summed E-state index contributed by atoms with van der Waals surface area (Å²) in [7, 11) is 6.96. The number of ether oxygens (including phenoxy) is 2. The minimum atomic E-state index is -0.596. The molecule has 11 heteroatoms. The average molecular weight is 551 g/mol. The summed E-state index contributed by atoms with van der Waals surface area (Å²) in [6, 6.07) is 15.2. The van der Waals surface area contributed by atoms with Gasteiger partial charge in [0.05, 0.1) is 25.5 Å². The van der Waals surface area contributed by atoms with Crippen molar-refractivity contribution in [2.45, 2.75) is 0 Å². The molecule has 1 fully saturated rings. The van der Waals surface area contributed by atoms with Gasteiger partial charge in [0, 0.05) is 50.9 Å². The maximum atomic E-state index is 14.3. The molecule has 2 heterocycles. The van der Waals surface area contributed by atoms with Crippen LogP contribution in [-0.2, 0) is 4.79 Å². The number of carbonyl (C=O) groups excluding carboxylic acids is 2. The van der Waals surface area contributed by atoms with Crippen LogP contribution in [0.3, 0.4) is 0 Å². The summed E-state index contributed by atoms with van der Waals surface area (Å²) in [5.41, 5.74) is 1.45. The van der Waals surface area contributed by atoms with Crippen molar-refractivity contribution in [3.05, 3.63) is 66.0 Å². The second kappa shape index (κ2) is 13.2. The molecule has 0 bridgehead atoms. The van der Waals surface area contributed by atoms with Crippen molar-refractivity contribution in [1.82, 2.24) is 24.9 Å². The summed E-state index contributed by atoms with van der Waals surface area (Å²) in [5.74, 6) is 0.787. The predicted molar refractivity (Wildman–Crippen MR) is 150 cm³/mol. The number of aromatic nitrogens is 2. The molecular formula is C29H35FN6O4. The Balaban J connectivity index is 1.37. The Kier molecular flexibility index (Phi) is 9.49. The largest absolute Gasteiger partial charge is 0.497 e. The Morgan fingerprint density at radius 1 is 0.925 bits per heavy atom. The zero-order valence-electron chi connectivity index (χ0n) is 23.3. The Bertz CT molecular complexity index is 1310. The van der Waals surface area contributed by atoms with Gasteiger partial charge in [-0.1, -0.05) is 12.1 Å². The van der Waals surface area contributed by atoms with Crippen molar-refractivity contribution in [2.24, 2.45) is 0 Å². The Morgan fingerprint density at radius 3 is 2.30 bits per heavy atom. The monoisotopic (exact) mass is 550 g/mol. The molecule has 2 amide bonds. The van der Waals surface area contributed by atoms with E-state index < -0.39 is 11.7 Å². The lowest BCUT2D eigenvalue weighted by Crippen LogP contribution is -2.52. The Morgan fingerprint density at radius 2 is 1.68 bits per heavy atom. The van der Waals surface area contributed by atoms with Crippen LogP contribution in [0.2, 0.25) is 0 Å². The first-order chi connectivity index (χ1) is 19.3. The number of halogens is 1. The number of rotatable bonds is 10. The van der Waals surface area contributed by atoms with Crippen LogP contribution in [0.5, 0.6) is 11.5 Å². The first kappa shape index (κ1) is 28.8. The maximum absolute atomic E-state index is 14.3. The van der Waals surface area contributed by atoms with Crippen molar-refractivity contribution in [1.29, 1.82) is 0 Å². The quantitative estimate of drug-likeness (QED) is 0.381. The zero-order chi connectivity index (χ0) is 28.6. The molecule has 1 aliphatic heterocycles. The van der Waals surface area contributed by atoms with Gasteiger partial charge >= 0.3 is 0 Å². The number of hydrogen-bond donors (Lipinski definition) is 0. The van der Waals surface area contributed by atoms with Gasteiger partial charge in [0.15, 0.2) is 5.82 Å². The molecule has 0 unspecified atom stereocenters. The van der Waals surface area contributed by atoms with Crippen LogP contribution >= 0.6 is 0 Å². The van der Waals surface area contributed by atoms with Gasteiger partial charge in [-0.05, 0) is 50.5 Å². The van der Waals surface area contributed by atoms with Gasteiger partial charge in [-0.25, -0.2) is 4.39 Å². The predicted octanol–water partition coefficient (Wildman–Crippen LogP) is 2.65. The van der Waals surface area contributed by atoms with Gasteiger partial charge in [-0.3, -0.25) is 9.59 Å². The first-order valence-electron chi connectivity index (χ1n) is 13.1. The van der Waals surface area contributed by atoms with Crippen LogP contribution in [0.4, 0.5) is 10.2 Å². The van der Waals surface area contributed by atoms with E-state index in [0.29, 0.717) is 62.3 Å². The molecule has 0 radical (unpaired) electrons. The third-order valence-electron chi connectivity index (χ3n) is 6.83. The van der Waals surface area contributed by atoms with E-state index in [1.165, 1.54) is 23.1 Å². The Hall–Kier alpha value is -4.25. The van der Waals surface area contributed by atoms with Crippen LogP contribution in [0.25, 0.3) is 11.3 Å². The summed E-state index contributed by atoms with van der Waals surface area (Å²) in [6.07, 6.45) is 0. The van der Waals surface area contributed by atoms with Gasteiger partial charge in [0.2, 0.25) is 5.91 Å². The number of piperazine rings is 1. The third kappa shape index (κ3) is 6.84. The Labute approximate surface area is 233 Å². The number of amides is 2. The van der Waals surface area contributed by atoms with Crippen LogP contribution in [-0.4, -0.2) is 111 Å². The average Bonchev–Trinajstić information content (AvgIpc) is 2.98. The van der Waals surface area contributed by atoms with E-state index >= 15 is 0 Å². The van der Waals surface area contributed by atoms with Crippen LogP contribution in [0.1, 0.15) is 10.4 Å². The fourth-order valence-electron chi connectivity index (χ4n) is 4.47. The number of anilines is 1. The number of likely N-dealkylation sites (N-methyl/N-ethyl adjacent to an activating group) is 1. The summed E-state index contributed by atoms with van der Waals surface area (Å²) in [6.45, 7) is 2.85. The van der Waals surface area contributed by atoms with Gasteiger partial charge in [0.25, 0.3) is 5.91 Å².